The Hall–Kier alpha value is -2.76. The molecule has 0 saturated carbocycles. The maximum atomic E-state index is 12.9. The molecule has 0 saturated heterocycles. The van der Waals surface area contributed by atoms with Gasteiger partial charge in [-0.2, -0.15) is 4.98 Å². The molecule has 1 aliphatic rings. The van der Waals surface area contributed by atoms with Gasteiger partial charge in [0.25, 0.3) is 5.89 Å². The lowest BCUT2D eigenvalue weighted by Gasteiger charge is -2.12. The van der Waals surface area contributed by atoms with Gasteiger partial charge >= 0.3 is 0 Å². The third-order valence-electron chi connectivity index (χ3n) is 4.59. The van der Waals surface area contributed by atoms with E-state index in [9.17, 15) is 8.42 Å². The lowest BCUT2D eigenvalue weighted by molar-refractivity contribution is 0.113. The molecule has 1 N–H and O–H groups in total. The summed E-state index contributed by atoms with van der Waals surface area (Å²) in [7, 11) is -3.76. The fraction of sp³-hybridized carbons (Fsp3) is 0.278. The average Bonchev–Trinajstić information content (AvgIpc) is 3.38. The second-order valence-corrected chi connectivity index (χ2v) is 9.47. The molecule has 0 spiro atoms. The number of aryl methyl sites for hydroxylation is 1. The molecule has 0 atom stereocenters. The van der Waals surface area contributed by atoms with Gasteiger partial charge in [-0.15, -0.1) is 11.3 Å². The van der Waals surface area contributed by atoms with Crippen LogP contribution in [-0.2, 0) is 33.5 Å². The first-order chi connectivity index (χ1) is 14.0. The van der Waals surface area contributed by atoms with E-state index in [-0.39, 0.29) is 5.75 Å². The number of hydrogen-bond donors (Lipinski definition) is 1. The van der Waals surface area contributed by atoms with E-state index in [1.165, 1.54) is 11.3 Å². The van der Waals surface area contributed by atoms with Crippen molar-refractivity contribution in [3.05, 3.63) is 46.2 Å². The Kier molecular flexibility index (Phi) is 4.37. The lowest BCUT2D eigenvalue weighted by atomic mass is 10.1. The van der Waals surface area contributed by atoms with Gasteiger partial charge in [0.15, 0.2) is 11.4 Å². The molecule has 150 valence electrons. The van der Waals surface area contributed by atoms with Crippen LogP contribution in [0.2, 0.25) is 0 Å². The second kappa shape index (κ2) is 6.94. The molecule has 5 rings (SSSR count). The Morgan fingerprint density at radius 3 is 2.90 bits per heavy atom. The van der Waals surface area contributed by atoms with E-state index in [4.69, 9.17) is 13.8 Å². The van der Waals surface area contributed by atoms with Crippen molar-refractivity contribution in [3.8, 4) is 11.5 Å². The zero-order valence-corrected chi connectivity index (χ0v) is 17.0. The van der Waals surface area contributed by atoms with Gasteiger partial charge in [-0.1, -0.05) is 22.4 Å². The Bertz CT molecular complexity index is 1310. The smallest absolute Gasteiger partial charge is 0.261 e. The number of nitrogens with one attached hydrogen (secondary N) is 1. The number of ether oxygens (including phenoxy) is 1. The molecule has 4 heterocycles. The Morgan fingerprint density at radius 1 is 1.21 bits per heavy atom. The maximum Gasteiger partial charge on any atom is 0.261 e. The summed E-state index contributed by atoms with van der Waals surface area (Å²) in [4.78, 5) is 5.25. The van der Waals surface area contributed by atoms with Crippen molar-refractivity contribution >= 4 is 37.3 Å². The molecule has 0 amide bonds. The molecule has 29 heavy (non-hydrogen) atoms. The van der Waals surface area contributed by atoms with E-state index in [1.54, 1.807) is 25.1 Å². The van der Waals surface area contributed by atoms with Gasteiger partial charge in [-0.3, -0.25) is 4.72 Å². The molecule has 0 bridgehead atoms. The third-order valence-corrected chi connectivity index (χ3v) is 7.01. The summed E-state index contributed by atoms with van der Waals surface area (Å²) >= 11 is 1.32. The van der Waals surface area contributed by atoms with Crippen LogP contribution in [0.4, 0.5) is 5.00 Å². The summed E-state index contributed by atoms with van der Waals surface area (Å²) in [6.45, 7) is 2.70. The van der Waals surface area contributed by atoms with E-state index in [0.29, 0.717) is 58.6 Å². The molecule has 4 aromatic rings. The van der Waals surface area contributed by atoms with Gasteiger partial charge in [-0.05, 0) is 31.0 Å². The highest BCUT2D eigenvalue weighted by molar-refractivity contribution is 7.92. The van der Waals surface area contributed by atoms with Crippen LogP contribution in [0, 0.1) is 6.92 Å². The molecule has 3 aromatic heterocycles. The van der Waals surface area contributed by atoms with Crippen LogP contribution >= 0.6 is 11.3 Å². The van der Waals surface area contributed by atoms with Crippen LogP contribution in [-0.4, -0.2) is 30.3 Å². The molecule has 9 nitrogen and oxygen atoms in total. The van der Waals surface area contributed by atoms with Crippen molar-refractivity contribution in [3.63, 3.8) is 0 Å². The number of nitrogens with zero attached hydrogens (tertiary/aromatic N) is 3. The van der Waals surface area contributed by atoms with Gasteiger partial charge in [0.05, 0.1) is 18.8 Å². The predicted molar refractivity (Wildman–Crippen MR) is 106 cm³/mol. The molecule has 1 aliphatic heterocycles. The number of aromatic nitrogens is 3. The zero-order chi connectivity index (χ0) is 20.0. The van der Waals surface area contributed by atoms with Crippen LogP contribution in [0.1, 0.15) is 22.0 Å². The minimum Gasteiger partial charge on any atom is -0.376 e. The molecular formula is C18H16N4O5S2. The molecule has 0 fully saturated rings. The Balaban J connectivity index is 1.51. The van der Waals surface area contributed by atoms with Crippen molar-refractivity contribution in [2.45, 2.75) is 25.7 Å². The summed E-state index contributed by atoms with van der Waals surface area (Å²) in [6.07, 6.45) is 0.651. The fourth-order valence-corrected chi connectivity index (χ4v) is 5.93. The lowest BCUT2D eigenvalue weighted by Crippen LogP contribution is -2.15. The number of para-hydroxylation sites is 1. The Morgan fingerprint density at radius 2 is 2.07 bits per heavy atom. The van der Waals surface area contributed by atoms with Crippen molar-refractivity contribution in [1.82, 2.24) is 15.3 Å². The van der Waals surface area contributed by atoms with Gasteiger partial charge in [0, 0.05) is 10.3 Å². The van der Waals surface area contributed by atoms with E-state index < -0.39 is 10.0 Å². The highest BCUT2D eigenvalue weighted by Gasteiger charge is 2.28. The molecule has 0 aliphatic carbocycles. The fourth-order valence-electron chi connectivity index (χ4n) is 3.33. The quantitative estimate of drug-likeness (QED) is 0.510. The Labute approximate surface area is 169 Å². The molecule has 0 radical (unpaired) electrons. The summed E-state index contributed by atoms with van der Waals surface area (Å²) in [5.41, 5.74) is 2.51. The minimum absolute atomic E-state index is 0.298. The highest BCUT2D eigenvalue weighted by atomic mass is 32.2. The first-order valence-electron chi connectivity index (χ1n) is 8.87. The largest absolute Gasteiger partial charge is 0.376 e. The first kappa shape index (κ1) is 18.3. The zero-order valence-electron chi connectivity index (χ0n) is 15.3. The summed E-state index contributed by atoms with van der Waals surface area (Å²) < 4.78 is 44.6. The van der Waals surface area contributed by atoms with Crippen LogP contribution in [0.3, 0.4) is 0 Å². The van der Waals surface area contributed by atoms with E-state index in [0.717, 1.165) is 10.4 Å². The number of fused-ring (bicyclic) bond motifs is 2. The van der Waals surface area contributed by atoms with Crippen LogP contribution < -0.4 is 4.72 Å². The van der Waals surface area contributed by atoms with Gasteiger partial charge < -0.3 is 13.8 Å². The van der Waals surface area contributed by atoms with Gasteiger partial charge in [0.1, 0.15) is 16.4 Å². The number of hydrogen-bond acceptors (Lipinski definition) is 9. The number of thiophene rings is 1. The van der Waals surface area contributed by atoms with Crippen LogP contribution in [0.25, 0.3) is 22.4 Å². The monoisotopic (exact) mass is 432 g/mol. The minimum atomic E-state index is -3.76. The van der Waals surface area contributed by atoms with E-state index in [1.807, 2.05) is 6.07 Å². The van der Waals surface area contributed by atoms with Crippen LogP contribution in [0.15, 0.2) is 33.3 Å². The van der Waals surface area contributed by atoms with Crippen molar-refractivity contribution in [1.29, 1.82) is 0 Å². The summed E-state index contributed by atoms with van der Waals surface area (Å²) in [5, 5.41) is 8.87. The number of benzene rings is 1. The summed E-state index contributed by atoms with van der Waals surface area (Å²) in [5.74, 6) is 0.465. The average molecular weight is 432 g/mol. The van der Waals surface area contributed by atoms with Crippen molar-refractivity contribution in [2.24, 2.45) is 0 Å². The molecule has 0 unspecified atom stereocenters. The number of anilines is 1. The van der Waals surface area contributed by atoms with Gasteiger partial charge in [-0.25, -0.2) is 8.42 Å². The topological polar surface area (TPSA) is 120 Å². The predicted octanol–water partition coefficient (Wildman–Crippen LogP) is 3.26. The summed E-state index contributed by atoms with van der Waals surface area (Å²) in [6, 6.07) is 7.15. The van der Waals surface area contributed by atoms with E-state index in [2.05, 4.69) is 20.0 Å². The second-order valence-electron chi connectivity index (χ2n) is 6.64. The third kappa shape index (κ3) is 3.41. The molecule has 11 heteroatoms. The van der Waals surface area contributed by atoms with Crippen molar-refractivity contribution < 1.29 is 22.2 Å². The number of rotatable bonds is 5. The standard InChI is InChI=1S/C18H16N4O5S2/c1-10-19-17(27-20-10)16-12-6-7-25-8-15(12)28-18(16)22-29(23,24)9-13-11-4-2-3-5-14(11)26-21-13/h2-5,22H,6-9H2,1H3. The van der Waals surface area contributed by atoms with Crippen LogP contribution in [0.5, 0.6) is 0 Å². The SMILES string of the molecule is Cc1noc(-c2c(NS(=O)(=O)Cc3noc4ccccc34)sc3c2CCOC3)n1. The van der Waals surface area contributed by atoms with Crippen molar-refractivity contribution in [2.75, 3.05) is 11.3 Å². The highest BCUT2D eigenvalue weighted by Crippen LogP contribution is 2.43. The number of sulfonamides is 1. The maximum absolute atomic E-state index is 12.9. The molecular weight excluding hydrogens is 416 g/mol. The first-order valence-corrected chi connectivity index (χ1v) is 11.3. The molecule has 1 aromatic carbocycles. The van der Waals surface area contributed by atoms with Gasteiger partial charge in [0.2, 0.25) is 10.0 Å². The van der Waals surface area contributed by atoms with E-state index >= 15 is 0 Å². The normalized spacial score (nSPS) is 14.2.